The number of para-hydroxylation sites is 1. The normalized spacial score (nSPS) is 14.0. The van der Waals surface area contributed by atoms with Crippen molar-refractivity contribution < 1.29 is 13.5 Å². The molecule has 0 aliphatic carbocycles. The highest BCUT2D eigenvalue weighted by Crippen LogP contribution is 2.59. The van der Waals surface area contributed by atoms with Crippen molar-refractivity contribution in [3.63, 3.8) is 0 Å². The van der Waals surface area contributed by atoms with Crippen LogP contribution in [0.3, 0.4) is 0 Å². The summed E-state index contributed by atoms with van der Waals surface area (Å²) in [7, 11) is 0.359. The largest absolute Gasteiger partial charge is 0.378 e. The molecule has 0 fully saturated rings. The average molecular weight is 426 g/mol. The molecule has 0 heterocycles. The van der Waals surface area contributed by atoms with Crippen LogP contribution < -0.4 is 15.5 Å². The molecule has 0 saturated heterocycles. The summed E-state index contributed by atoms with van der Waals surface area (Å²) in [6, 6.07) is 23.2. The number of rotatable bonds is 9. The van der Waals surface area contributed by atoms with Gasteiger partial charge in [0.25, 0.3) is 7.37 Å². The fourth-order valence-electron chi connectivity index (χ4n) is 3.22. The van der Waals surface area contributed by atoms with Gasteiger partial charge < -0.3 is 14.7 Å². The van der Waals surface area contributed by atoms with Gasteiger partial charge in [-0.15, -0.1) is 0 Å². The molecule has 158 valence electrons. The smallest absolute Gasteiger partial charge is 0.258 e. The van der Waals surface area contributed by atoms with Gasteiger partial charge in [-0.05, 0) is 48.9 Å². The summed E-state index contributed by atoms with van der Waals surface area (Å²) in [5.74, 6) is -1.28. The third-order valence-electron chi connectivity index (χ3n) is 4.83. The van der Waals surface area contributed by atoms with Gasteiger partial charge in [-0.3, -0.25) is 4.57 Å². The summed E-state index contributed by atoms with van der Waals surface area (Å²) in [5.41, 5.74) is 2.05. The number of nitrogens with one attached hydrogen (secondary N) is 1. The predicted molar refractivity (Wildman–Crippen MR) is 123 cm³/mol. The van der Waals surface area contributed by atoms with E-state index in [1.807, 2.05) is 80.5 Å². The Morgan fingerprint density at radius 2 is 1.60 bits per heavy atom. The topological polar surface area (TPSA) is 41.6 Å². The molecule has 0 bridgehead atoms. The number of benzene rings is 3. The first-order chi connectivity index (χ1) is 14.5. The van der Waals surface area contributed by atoms with Crippen LogP contribution in [0.4, 0.5) is 15.8 Å². The van der Waals surface area contributed by atoms with Crippen molar-refractivity contribution in [3.8, 4) is 0 Å². The van der Waals surface area contributed by atoms with Crippen LogP contribution in [0, 0.1) is 5.82 Å². The molecule has 6 heteroatoms. The zero-order valence-electron chi connectivity index (χ0n) is 17.6. The summed E-state index contributed by atoms with van der Waals surface area (Å²) < 4.78 is 35.3. The van der Waals surface area contributed by atoms with E-state index in [9.17, 15) is 8.96 Å². The van der Waals surface area contributed by atoms with Gasteiger partial charge in [0.2, 0.25) is 0 Å². The molecule has 4 nitrogen and oxygen atoms in total. The van der Waals surface area contributed by atoms with E-state index in [-0.39, 0.29) is 0 Å². The number of hydrogen-bond acceptors (Lipinski definition) is 4. The highest BCUT2D eigenvalue weighted by Gasteiger charge is 2.39. The molecule has 3 aromatic carbocycles. The fraction of sp³-hybridized carbons (Fsp3) is 0.250. The molecule has 0 aromatic heterocycles. The molecule has 0 saturated carbocycles. The molecule has 0 aliphatic heterocycles. The van der Waals surface area contributed by atoms with Gasteiger partial charge in [0.15, 0.2) is 0 Å². The van der Waals surface area contributed by atoms with Crippen molar-refractivity contribution in [1.82, 2.24) is 0 Å². The van der Waals surface area contributed by atoms with Crippen molar-refractivity contribution in [2.24, 2.45) is 0 Å². The first-order valence-electron chi connectivity index (χ1n) is 10.0. The minimum atomic E-state index is -3.53. The summed E-state index contributed by atoms with van der Waals surface area (Å²) in [6.45, 7) is 2.27. The van der Waals surface area contributed by atoms with E-state index >= 15 is 0 Å². The first-order valence-corrected chi connectivity index (χ1v) is 11.7. The minimum Gasteiger partial charge on any atom is -0.378 e. The molecule has 0 amide bonds. The van der Waals surface area contributed by atoms with Crippen LogP contribution in [-0.2, 0) is 9.09 Å². The Bertz CT molecular complexity index is 994. The van der Waals surface area contributed by atoms with Crippen molar-refractivity contribution in [2.75, 3.05) is 30.9 Å². The van der Waals surface area contributed by atoms with Gasteiger partial charge in [0, 0.05) is 36.3 Å². The molecule has 0 unspecified atom stereocenters. The van der Waals surface area contributed by atoms with Crippen LogP contribution in [0.1, 0.15) is 24.7 Å². The first kappa shape index (κ1) is 22.1. The minimum absolute atomic E-state index is 0.314. The molecular formula is C24H28FN2O2P. The maximum atomic E-state index is 14.9. The fourth-order valence-corrected chi connectivity index (χ4v) is 5.73. The SMILES string of the molecule is CCCO[P@@](=O)(c1ccc(N(C)C)cc1)[C@@H](Nc1ccccc1)c1ccccc1F. The van der Waals surface area contributed by atoms with Gasteiger partial charge in [-0.25, -0.2) is 4.39 Å². The molecule has 3 aromatic rings. The Morgan fingerprint density at radius 3 is 2.20 bits per heavy atom. The maximum absolute atomic E-state index is 14.9. The van der Waals surface area contributed by atoms with Crippen molar-refractivity contribution in [1.29, 1.82) is 0 Å². The van der Waals surface area contributed by atoms with Crippen molar-refractivity contribution in [3.05, 3.63) is 90.2 Å². The second-order valence-corrected chi connectivity index (χ2v) is 9.76. The van der Waals surface area contributed by atoms with Gasteiger partial charge in [-0.1, -0.05) is 43.3 Å². The molecule has 1 N–H and O–H groups in total. The summed E-state index contributed by atoms with van der Waals surface area (Å²) in [6.07, 6.45) is 0.703. The van der Waals surface area contributed by atoms with E-state index < -0.39 is 19.0 Å². The van der Waals surface area contributed by atoms with Crippen molar-refractivity contribution in [2.45, 2.75) is 19.1 Å². The van der Waals surface area contributed by atoms with E-state index in [2.05, 4.69) is 5.32 Å². The van der Waals surface area contributed by atoms with Crippen LogP contribution >= 0.6 is 7.37 Å². The van der Waals surface area contributed by atoms with Gasteiger partial charge in [0.05, 0.1) is 6.61 Å². The predicted octanol–water partition coefficient (Wildman–Crippen LogP) is 6.03. The summed E-state index contributed by atoms with van der Waals surface area (Å²) >= 11 is 0. The van der Waals surface area contributed by atoms with Crippen LogP contribution in [-0.4, -0.2) is 20.7 Å². The lowest BCUT2D eigenvalue weighted by Gasteiger charge is -2.30. The zero-order valence-corrected chi connectivity index (χ0v) is 18.5. The van der Waals surface area contributed by atoms with E-state index in [0.717, 1.165) is 11.4 Å². The third-order valence-corrected chi connectivity index (χ3v) is 7.50. The van der Waals surface area contributed by atoms with Gasteiger partial charge in [0.1, 0.15) is 11.6 Å². The zero-order chi connectivity index (χ0) is 21.6. The second kappa shape index (κ2) is 9.92. The second-order valence-electron chi connectivity index (χ2n) is 7.28. The molecule has 0 spiro atoms. The van der Waals surface area contributed by atoms with E-state index in [1.165, 1.54) is 6.07 Å². The quantitative estimate of drug-likeness (QED) is 0.424. The van der Waals surface area contributed by atoms with E-state index in [4.69, 9.17) is 4.52 Å². The summed E-state index contributed by atoms with van der Waals surface area (Å²) in [4.78, 5) is 1.97. The lowest BCUT2D eigenvalue weighted by Crippen LogP contribution is -2.22. The van der Waals surface area contributed by atoms with E-state index in [0.29, 0.717) is 23.9 Å². The lowest BCUT2D eigenvalue weighted by atomic mass is 10.2. The molecule has 30 heavy (non-hydrogen) atoms. The molecule has 3 rings (SSSR count). The van der Waals surface area contributed by atoms with Crippen LogP contribution in [0.5, 0.6) is 0 Å². The standard InChI is InChI=1S/C24H28FN2O2P/c1-4-18-29-30(28,21-16-14-20(15-17-21)27(2)3)24(22-12-8-9-13-23(22)25)26-19-10-6-5-7-11-19/h5-17,24,26H,4,18H2,1-3H3/t24-,30+/m1/s1. The monoisotopic (exact) mass is 426 g/mol. The number of hydrogen-bond donors (Lipinski definition) is 1. The van der Waals surface area contributed by atoms with Gasteiger partial charge >= 0.3 is 0 Å². The van der Waals surface area contributed by atoms with Gasteiger partial charge in [-0.2, -0.15) is 0 Å². The molecule has 2 atom stereocenters. The summed E-state index contributed by atoms with van der Waals surface area (Å²) in [5, 5.41) is 3.84. The highest BCUT2D eigenvalue weighted by molar-refractivity contribution is 7.67. The molecule has 0 radical (unpaired) electrons. The maximum Gasteiger partial charge on any atom is 0.258 e. The average Bonchev–Trinajstić information content (AvgIpc) is 2.77. The Balaban J connectivity index is 2.13. The Labute approximate surface area is 178 Å². The lowest BCUT2D eigenvalue weighted by molar-refractivity contribution is 0.314. The van der Waals surface area contributed by atoms with Crippen LogP contribution in [0.15, 0.2) is 78.9 Å². The Morgan fingerprint density at radius 1 is 0.967 bits per heavy atom. The van der Waals surface area contributed by atoms with Crippen LogP contribution in [0.25, 0.3) is 0 Å². The highest BCUT2D eigenvalue weighted by atomic mass is 31.2. The third kappa shape index (κ3) is 4.92. The van der Waals surface area contributed by atoms with Crippen LogP contribution in [0.2, 0.25) is 0 Å². The van der Waals surface area contributed by atoms with Crippen molar-refractivity contribution >= 4 is 24.0 Å². The molecular weight excluding hydrogens is 398 g/mol. The number of halogens is 1. The number of nitrogens with zero attached hydrogens (tertiary/aromatic N) is 1. The number of anilines is 2. The Kier molecular flexibility index (Phi) is 7.30. The molecule has 0 aliphatic rings. The van der Waals surface area contributed by atoms with E-state index in [1.54, 1.807) is 18.2 Å². The Hall–Kier alpha value is -2.62.